The van der Waals surface area contributed by atoms with E-state index in [2.05, 4.69) is 23.7 Å². The van der Waals surface area contributed by atoms with Gasteiger partial charge in [0.2, 0.25) is 5.91 Å². The summed E-state index contributed by atoms with van der Waals surface area (Å²) in [5.74, 6) is 1.21. The van der Waals surface area contributed by atoms with Crippen LogP contribution in [0.1, 0.15) is 37.7 Å². The van der Waals surface area contributed by atoms with E-state index in [0.29, 0.717) is 6.42 Å². The maximum Gasteiger partial charge on any atom is 0.236 e. The number of rotatable bonds is 11. The van der Waals surface area contributed by atoms with Crippen LogP contribution in [0, 0.1) is 0 Å². The Bertz CT molecular complexity index is 384. The summed E-state index contributed by atoms with van der Waals surface area (Å²) >= 11 is 1.89. The molecule has 0 radical (unpaired) electrons. The molecule has 21 heavy (non-hydrogen) atoms. The molecule has 1 atom stereocenters. The van der Waals surface area contributed by atoms with E-state index < -0.39 is 6.04 Å². The molecule has 4 heteroatoms. The first kappa shape index (κ1) is 18.1. The van der Waals surface area contributed by atoms with Gasteiger partial charge in [-0.05, 0) is 43.3 Å². The Labute approximate surface area is 133 Å². The molecule has 0 saturated carbocycles. The van der Waals surface area contributed by atoms with Gasteiger partial charge < -0.3 is 11.1 Å². The van der Waals surface area contributed by atoms with Crippen molar-refractivity contribution in [2.45, 2.75) is 44.6 Å². The van der Waals surface area contributed by atoms with E-state index >= 15 is 0 Å². The highest BCUT2D eigenvalue weighted by atomic mass is 32.2. The molecular weight excluding hydrogens is 280 g/mol. The Morgan fingerprint density at radius 3 is 2.62 bits per heavy atom. The molecule has 0 aliphatic rings. The number of amides is 1. The number of nitrogens with one attached hydrogen (secondary N) is 1. The van der Waals surface area contributed by atoms with E-state index in [9.17, 15) is 4.79 Å². The van der Waals surface area contributed by atoms with Gasteiger partial charge in [-0.25, -0.2) is 0 Å². The lowest BCUT2D eigenvalue weighted by molar-refractivity contribution is -0.122. The molecular formula is C17H28N2OS. The second kappa shape index (κ2) is 11.6. The van der Waals surface area contributed by atoms with E-state index in [0.717, 1.165) is 19.4 Å². The van der Waals surface area contributed by atoms with Crippen molar-refractivity contribution in [1.82, 2.24) is 5.32 Å². The molecule has 1 amide bonds. The third-order valence-corrected chi connectivity index (χ3v) is 4.20. The molecule has 0 spiro atoms. The van der Waals surface area contributed by atoms with Gasteiger partial charge in [0.15, 0.2) is 0 Å². The molecule has 0 saturated heterocycles. The number of carbonyl (C=O) groups excluding carboxylic acids is 1. The topological polar surface area (TPSA) is 55.1 Å². The van der Waals surface area contributed by atoms with Gasteiger partial charge in [0.1, 0.15) is 0 Å². The number of aryl methyl sites for hydroxylation is 1. The number of nitrogens with two attached hydrogens (primary N) is 1. The van der Waals surface area contributed by atoms with Crippen LogP contribution in [0.2, 0.25) is 0 Å². The summed E-state index contributed by atoms with van der Waals surface area (Å²) in [5, 5.41) is 2.94. The van der Waals surface area contributed by atoms with Crippen LogP contribution in [0.3, 0.4) is 0 Å². The van der Waals surface area contributed by atoms with Crippen molar-refractivity contribution in [2.75, 3.05) is 18.6 Å². The lowest BCUT2D eigenvalue weighted by Gasteiger charge is -2.12. The maximum atomic E-state index is 11.9. The highest BCUT2D eigenvalue weighted by Crippen LogP contribution is 2.05. The first-order valence-corrected chi connectivity index (χ1v) is 9.19. The Kier molecular flexibility index (Phi) is 10.0. The van der Waals surface area contributed by atoms with Crippen molar-refractivity contribution >= 4 is 17.7 Å². The van der Waals surface area contributed by atoms with Gasteiger partial charge in [0, 0.05) is 6.54 Å². The highest BCUT2D eigenvalue weighted by molar-refractivity contribution is 7.98. The Balaban J connectivity index is 2.06. The van der Waals surface area contributed by atoms with Crippen molar-refractivity contribution in [3.63, 3.8) is 0 Å². The zero-order valence-electron chi connectivity index (χ0n) is 13.0. The Hall–Kier alpha value is -1.00. The quantitative estimate of drug-likeness (QED) is 0.618. The predicted octanol–water partition coefficient (Wildman–Crippen LogP) is 2.99. The summed E-state index contributed by atoms with van der Waals surface area (Å²) in [6.07, 6.45) is 8.43. The summed E-state index contributed by atoms with van der Waals surface area (Å²) in [5.41, 5.74) is 7.16. The standard InChI is InChI=1S/C17H28N2OS/c1-21-14-8-3-2-7-13-19-17(20)16(18)12-11-15-9-5-4-6-10-15/h4-6,9-10,16H,2-3,7-8,11-14,18H2,1H3,(H,19,20). The smallest absolute Gasteiger partial charge is 0.236 e. The van der Waals surface area contributed by atoms with Crippen LogP contribution >= 0.6 is 11.8 Å². The molecule has 1 rings (SSSR count). The minimum Gasteiger partial charge on any atom is -0.355 e. The zero-order valence-corrected chi connectivity index (χ0v) is 13.8. The van der Waals surface area contributed by atoms with E-state index in [1.807, 2.05) is 30.0 Å². The molecule has 1 aromatic rings. The molecule has 118 valence electrons. The van der Waals surface area contributed by atoms with E-state index in [1.54, 1.807) is 0 Å². The number of thioether (sulfide) groups is 1. The van der Waals surface area contributed by atoms with Crippen LogP contribution in [0.5, 0.6) is 0 Å². The molecule has 0 aliphatic heterocycles. The molecule has 0 aliphatic carbocycles. The van der Waals surface area contributed by atoms with Gasteiger partial charge in [-0.1, -0.05) is 43.2 Å². The fraction of sp³-hybridized carbons (Fsp3) is 0.588. The molecule has 1 unspecified atom stereocenters. The second-order valence-electron chi connectivity index (χ2n) is 5.33. The molecule has 3 N–H and O–H groups in total. The summed E-state index contributed by atoms with van der Waals surface area (Å²) in [4.78, 5) is 11.9. The third-order valence-electron chi connectivity index (χ3n) is 3.50. The molecule has 1 aromatic carbocycles. The Morgan fingerprint density at radius 2 is 1.90 bits per heavy atom. The Morgan fingerprint density at radius 1 is 1.19 bits per heavy atom. The molecule has 0 aromatic heterocycles. The average molecular weight is 308 g/mol. The minimum absolute atomic E-state index is 0.0185. The molecule has 0 fully saturated rings. The average Bonchev–Trinajstić information content (AvgIpc) is 2.52. The predicted molar refractivity (Wildman–Crippen MR) is 92.6 cm³/mol. The van der Waals surface area contributed by atoms with Crippen molar-refractivity contribution in [3.8, 4) is 0 Å². The van der Waals surface area contributed by atoms with Crippen LogP contribution in [-0.4, -0.2) is 30.5 Å². The largest absolute Gasteiger partial charge is 0.355 e. The van der Waals surface area contributed by atoms with Crippen molar-refractivity contribution in [1.29, 1.82) is 0 Å². The van der Waals surface area contributed by atoms with Crippen LogP contribution in [0.4, 0.5) is 0 Å². The van der Waals surface area contributed by atoms with Crippen LogP contribution in [0.25, 0.3) is 0 Å². The van der Waals surface area contributed by atoms with Crippen molar-refractivity contribution in [3.05, 3.63) is 35.9 Å². The van der Waals surface area contributed by atoms with Gasteiger partial charge in [-0.3, -0.25) is 4.79 Å². The maximum absolute atomic E-state index is 11.9. The van der Waals surface area contributed by atoms with E-state index in [1.165, 1.54) is 30.6 Å². The third kappa shape index (κ3) is 8.79. The van der Waals surface area contributed by atoms with Crippen molar-refractivity contribution < 1.29 is 4.79 Å². The summed E-state index contributed by atoms with van der Waals surface area (Å²) in [6, 6.07) is 9.76. The number of benzene rings is 1. The monoisotopic (exact) mass is 308 g/mol. The van der Waals surface area contributed by atoms with Gasteiger partial charge in [-0.2, -0.15) is 11.8 Å². The number of carbonyl (C=O) groups is 1. The SMILES string of the molecule is CSCCCCCCNC(=O)C(N)CCc1ccccc1. The molecule has 3 nitrogen and oxygen atoms in total. The number of unbranched alkanes of at least 4 members (excludes halogenated alkanes) is 3. The lowest BCUT2D eigenvalue weighted by Crippen LogP contribution is -2.41. The minimum atomic E-state index is -0.401. The fourth-order valence-corrected chi connectivity index (χ4v) is 2.66. The first-order chi connectivity index (χ1) is 10.2. The normalized spacial score (nSPS) is 12.1. The fourth-order valence-electron chi connectivity index (χ4n) is 2.17. The van der Waals surface area contributed by atoms with Crippen LogP contribution in [0.15, 0.2) is 30.3 Å². The van der Waals surface area contributed by atoms with E-state index in [-0.39, 0.29) is 5.91 Å². The van der Waals surface area contributed by atoms with E-state index in [4.69, 9.17) is 5.73 Å². The van der Waals surface area contributed by atoms with Gasteiger partial charge in [-0.15, -0.1) is 0 Å². The highest BCUT2D eigenvalue weighted by Gasteiger charge is 2.12. The van der Waals surface area contributed by atoms with Crippen LogP contribution < -0.4 is 11.1 Å². The van der Waals surface area contributed by atoms with Crippen molar-refractivity contribution in [2.24, 2.45) is 5.73 Å². The summed E-state index contributed by atoms with van der Waals surface area (Å²) < 4.78 is 0. The molecule has 0 bridgehead atoms. The zero-order chi connectivity index (χ0) is 15.3. The molecule has 0 heterocycles. The number of hydrogen-bond donors (Lipinski definition) is 2. The lowest BCUT2D eigenvalue weighted by atomic mass is 10.1. The van der Waals surface area contributed by atoms with Gasteiger partial charge >= 0.3 is 0 Å². The summed E-state index contributed by atoms with van der Waals surface area (Å²) in [6.45, 7) is 0.747. The first-order valence-electron chi connectivity index (χ1n) is 7.80. The number of hydrogen-bond acceptors (Lipinski definition) is 3. The summed E-state index contributed by atoms with van der Waals surface area (Å²) in [7, 11) is 0. The second-order valence-corrected chi connectivity index (χ2v) is 6.31. The van der Waals surface area contributed by atoms with Crippen LogP contribution in [-0.2, 0) is 11.2 Å². The van der Waals surface area contributed by atoms with Gasteiger partial charge in [0.05, 0.1) is 6.04 Å². The van der Waals surface area contributed by atoms with Gasteiger partial charge in [0.25, 0.3) is 0 Å².